The summed E-state index contributed by atoms with van der Waals surface area (Å²) in [5.41, 5.74) is 11.1. The molecule has 4 N–H and O–H groups in total. The quantitative estimate of drug-likeness (QED) is 0.793. The van der Waals surface area contributed by atoms with Crippen molar-refractivity contribution < 1.29 is 4.39 Å². The first kappa shape index (κ1) is 10.4. The number of nitrogens with zero attached hydrogens (tertiary/aromatic N) is 1. The summed E-state index contributed by atoms with van der Waals surface area (Å²) in [6, 6.07) is 1.76. The zero-order valence-electron chi connectivity index (χ0n) is 8.83. The summed E-state index contributed by atoms with van der Waals surface area (Å²) in [5, 5.41) is 0. The Morgan fingerprint density at radius 3 is 2.80 bits per heavy atom. The molecule has 1 atom stereocenters. The van der Waals surface area contributed by atoms with E-state index >= 15 is 0 Å². The van der Waals surface area contributed by atoms with Gasteiger partial charge in [0.15, 0.2) is 5.67 Å². The third-order valence-corrected chi connectivity index (χ3v) is 3.02. The van der Waals surface area contributed by atoms with E-state index in [0.29, 0.717) is 5.56 Å². The van der Waals surface area contributed by atoms with Crippen LogP contribution in [0.3, 0.4) is 0 Å². The zero-order chi connectivity index (χ0) is 11.1. The van der Waals surface area contributed by atoms with Crippen LogP contribution in [0.5, 0.6) is 0 Å². The molecule has 0 saturated heterocycles. The van der Waals surface area contributed by atoms with E-state index in [1.807, 2.05) is 6.92 Å². The van der Waals surface area contributed by atoms with Crippen LogP contribution in [0.2, 0.25) is 0 Å². The lowest BCUT2D eigenvalue weighted by atomic mass is 9.90. The van der Waals surface area contributed by atoms with Gasteiger partial charge in [-0.05, 0) is 37.3 Å². The van der Waals surface area contributed by atoms with Crippen molar-refractivity contribution in [1.29, 1.82) is 0 Å². The molecule has 1 aromatic heterocycles. The highest BCUT2D eigenvalue weighted by Gasteiger charge is 2.47. The van der Waals surface area contributed by atoms with Crippen molar-refractivity contribution in [2.24, 2.45) is 11.7 Å². The molecule has 82 valence electrons. The zero-order valence-corrected chi connectivity index (χ0v) is 8.83. The van der Waals surface area contributed by atoms with Gasteiger partial charge in [0.2, 0.25) is 0 Å². The van der Waals surface area contributed by atoms with Gasteiger partial charge in [0, 0.05) is 18.3 Å². The molecule has 4 heteroatoms. The Labute approximate surface area is 88.7 Å². The fourth-order valence-corrected chi connectivity index (χ4v) is 1.95. The number of aryl methyl sites for hydroxylation is 1. The van der Waals surface area contributed by atoms with Crippen molar-refractivity contribution in [3.63, 3.8) is 0 Å². The summed E-state index contributed by atoms with van der Waals surface area (Å²) >= 11 is 0. The van der Waals surface area contributed by atoms with Gasteiger partial charge in [0.05, 0.1) is 0 Å². The third-order valence-electron chi connectivity index (χ3n) is 3.02. The topological polar surface area (TPSA) is 64.9 Å². The summed E-state index contributed by atoms with van der Waals surface area (Å²) in [5.74, 6) is 0.286. The van der Waals surface area contributed by atoms with Crippen LogP contribution in [0.1, 0.15) is 24.0 Å². The first-order valence-corrected chi connectivity index (χ1v) is 5.19. The Morgan fingerprint density at radius 1 is 1.60 bits per heavy atom. The second-order valence-corrected chi connectivity index (χ2v) is 4.29. The first-order chi connectivity index (χ1) is 7.08. The summed E-state index contributed by atoms with van der Waals surface area (Å²) in [4.78, 5) is 3.99. The molecule has 1 aliphatic carbocycles. The summed E-state index contributed by atoms with van der Waals surface area (Å²) in [6.07, 6.45) is 3.42. The highest BCUT2D eigenvalue weighted by atomic mass is 19.1. The van der Waals surface area contributed by atoms with Crippen LogP contribution in [-0.4, -0.2) is 11.5 Å². The van der Waals surface area contributed by atoms with Gasteiger partial charge in [-0.15, -0.1) is 0 Å². The molecular weight excluding hydrogens is 193 g/mol. The average Bonchev–Trinajstić information content (AvgIpc) is 3.04. The molecular formula is C11H16FN3. The van der Waals surface area contributed by atoms with Gasteiger partial charge >= 0.3 is 0 Å². The van der Waals surface area contributed by atoms with Gasteiger partial charge in [-0.3, -0.25) is 0 Å². The fraction of sp³-hybridized carbons (Fsp3) is 0.545. The molecule has 0 bridgehead atoms. The molecule has 2 rings (SSSR count). The van der Waals surface area contributed by atoms with Crippen molar-refractivity contribution >= 4 is 5.82 Å². The molecule has 0 amide bonds. The molecule has 15 heavy (non-hydrogen) atoms. The van der Waals surface area contributed by atoms with Crippen molar-refractivity contribution in [2.75, 3.05) is 12.3 Å². The predicted molar refractivity (Wildman–Crippen MR) is 58.0 cm³/mol. The van der Waals surface area contributed by atoms with Crippen LogP contribution in [0.4, 0.5) is 10.2 Å². The Balaban J connectivity index is 2.45. The second-order valence-electron chi connectivity index (χ2n) is 4.29. The van der Waals surface area contributed by atoms with E-state index in [1.54, 1.807) is 12.3 Å². The molecule has 1 saturated carbocycles. The normalized spacial score (nSPS) is 19.9. The average molecular weight is 209 g/mol. The molecule has 1 aliphatic rings. The number of anilines is 1. The number of nitrogens with two attached hydrogens (primary N) is 2. The van der Waals surface area contributed by atoms with Gasteiger partial charge in [0.1, 0.15) is 5.82 Å². The maximum Gasteiger partial charge on any atom is 0.154 e. The number of nitrogen functional groups attached to an aromatic ring is 1. The molecule has 1 unspecified atom stereocenters. The molecule has 1 heterocycles. The van der Waals surface area contributed by atoms with Crippen molar-refractivity contribution in [3.8, 4) is 0 Å². The Kier molecular flexibility index (Phi) is 2.38. The summed E-state index contributed by atoms with van der Waals surface area (Å²) in [6.45, 7) is 1.85. The van der Waals surface area contributed by atoms with Gasteiger partial charge in [-0.25, -0.2) is 9.37 Å². The standard InChI is InChI=1S/C11H16FN3/c1-7-4-9(10(14)15-5-7)11(12,6-13)8-2-3-8/h4-5,8H,2-3,6,13H2,1H3,(H2,14,15). The fourth-order valence-electron chi connectivity index (χ4n) is 1.95. The molecule has 3 nitrogen and oxygen atoms in total. The van der Waals surface area contributed by atoms with E-state index < -0.39 is 5.67 Å². The maximum atomic E-state index is 14.6. The highest BCUT2D eigenvalue weighted by Crippen LogP contribution is 2.49. The number of rotatable bonds is 3. The number of aromatic nitrogens is 1. The van der Waals surface area contributed by atoms with Crippen molar-refractivity contribution in [2.45, 2.75) is 25.4 Å². The minimum absolute atomic E-state index is 0.0208. The Bertz CT molecular complexity index is 376. The largest absolute Gasteiger partial charge is 0.383 e. The molecule has 1 aromatic rings. The minimum Gasteiger partial charge on any atom is -0.383 e. The monoisotopic (exact) mass is 209 g/mol. The molecule has 0 aliphatic heterocycles. The molecule has 0 spiro atoms. The van der Waals surface area contributed by atoms with Gasteiger partial charge in [-0.1, -0.05) is 0 Å². The smallest absolute Gasteiger partial charge is 0.154 e. The number of hydrogen-bond donors (Lipinski definition) is 2. The number of halogens is 1. The van der Waals surface area contributed by atoms with E-state index in [4.69, 9.17) is 11.5 Å². The van der Waals surface area contributed by atoms with E-state index in [0.717, 1.165) is 18.4 Å². The van der Waals surface area contributed by atoms with E-state index in [9.17, 15) is 4.39 Å². The van der Waals surface area contributed by atoms with Crippen LogP contribution in [0.15, 0.2) is 12.3 Å². The van der Waals surface area contributed by atoms with Gasteiger partial charge in [0.25, 0.3) is 0 Å². The number of alkyl halides is 1. The summed E-state index contributed by atoms with van der Waals surface area (Å²) < 4.78 is 14.6. The minimum atomic E-state index is -1.48. The van der Waals surface area contributed by atoms with Crippen LogP contribution in [0, 0.1) is 12.8 Å². The van der Waals surface area contributed by atoms with Crippen LogP contribution in [0.25, 0.3) is 0 Å². The second kappa shape index (κ2) is 3.45. The van der Waals surface area contributed by atoms with Gasteiger partial charge < -0.3 is 11.5 Å². The van der Waals surface area contributed by atoms with Crippen molar-refractivity contribution in [3.05, 3.63) is 23.4 Å². The maximum absolute atomic E-state index is 14.6. The first-order valence-electron chi connectivity index (χ1n) is 5.19. The van der Waals surface area contributed by atoms with Crippen LogP contribution >= 0.6 is 0 Å². The Hall–Kier alpha value is -1.16. The molecule has 1 fully saturated rings. The lowest BCUT2D eigenvalue weighted by molar-refractivity contribution is 0.143. The molecule has 0 radical (unpaired) electrons. The van der Waals surface area contributed by atoms with E-state index in [-0.39, 0.29) is 18.3 Å². The lowest BCUT2D eigenvalue weighted by Gasteiger charge is -2.25. The lowest BCUT2D eigenvalue weighted by Crippen LogP contribution is -2.33. The van der Waals surface area contributed by atoms with Crippen molar-refractivity contribution in [1.82, 2.24) is 4.98 Å². The Morgan fingerprint density at radius 2 is 2.27 bits per heavy atom. The predicted octanol–water partition coefficient (Wildman–Crippen LogP) is 1.51. The van der Waals surface area contributed by atoms with Crippen LogP contribution in [-0.2, 0) is 5.67 Å². The number of hydrogen-bond acceptors (Lipinski definition) is 3. The summed E-state index contributed by atoms with van der Waals surface area (Å²) in [7, 11) is 0. The van der Waals surface area contributed by atoms with E-state index in [1.165, 1.54) is 0 Å². The van der Waals surface area contributed by atoms with Gasteiger partial charge in [-0.2, -0.15) is 0 Å². The highest BCUT2D eigenvalue weighted by molar-refractivity contribution is 5.46. The van der Waals surface area contributed by atoms with Crippen LogP contribution < -0.4 is 11.5 Å². The number of pyridine rings is 1. The third kappa shape index (κ3) is 1.69. The SMILES string of the molecule is Cc1cnc(N)c(C(F)(CN)C2CC2)c1. The van der Waals surface area contributed by atoms with E-state index in [2.05, 4.69) is 4.98 Å². The molecule has 0 aromatic carbocycles.